The Bertz CT molecular complexity index is 950. The van der Waals surface area contributed by atoms with Crippen LogP contribution in [0.4, 0.5) is 0 Å². The molecule has 0 spiro atoms. The molecule has 0 fully saturated rings. The fraction of sp³-hybridized carbons (Fsp3) is 0.267. The predicted molar refractivity (Wildman–Crippen MR) is 88.5 cm³/mol. The Morgan fingerprint density at radius 2 is 2.19 bits per heavy atom. The maximum Gasteiger partial charge on any atom is 0.213 e. The number of hydrogen-bond donors (Lipinski definition) is 2. The summed E-state index contributed by atoms with van der Waals surface area (Å²) in [6.07, 6.45) is 0.692. The summed E-state index contributed by atoms with van der Waals surface area (Å²) in [7, 11) is 1.80. The van der Waals surface area contributed by atoms with Crippen LogP contribution in [0, 0.1) is 4.77 Å². The first kappa shape index (κ1) is 13.2. The molecular weight excluding hydrogens is 350 g/mol. The Morgan fingerprint density at radius 1 is 1.43 bits per heavy atom. The van der Waals surface area contributed by atoms with Gasteiger partial charge < -0.3 is 14.7 Å². The van der Waals surface area contributed by atoms with E-state index in [-0.39, 0.29) is 11.9 Å². The summed E-state index contributed by atoms with van der Waals surface area (Å²) in [5.41, 5.74) is 4.44. The standard InChI is InChI=1S/C15H14BrN3OS/c1-7-13-10(9-4-3-8(16)5-11(9)17-13)6-12-14(20)18(2)15(21)19(7)12/h3-5,7,17,20H,6H2,1-2H3/t7-/m0/s1. The van der Waals surface area contributed by atoms with Crippen molar-refractivity contribution in [3.63, 3.8) is 0 Å². The molecule has 3 aromatic rings. The van der Waals surface area contributed by atoms with Gasteiger partial charge in [0.15, 0.2) is 4.77 Å². The molecule has 0 aliphatic carbocycles. The summed E-state index contributed by atoms with van der Waals surface area (Å²) in [5.74, 6) is 0.268. The molecule has 0 radical (unpaired) electrons. The molecular formula is C15H14BrN3OS. The molecule has 0 saturated heterocycles. The smallest absolute Gasteiger partial charge is 0.213 e. The first-order valence-electron chi connectivity index (χ1n) is 6.78. The van der Waals surface area contributed by atoms with Crippen molar-refractivity contribution in [2.24, 2.45) is 7.05 Å². The molecule has 4 rings (SSSR count). The molecule has 4 nitrogen and oxygen atoms in total. The second-order valence-electron chi connectivity index (χ2n) is 5.54. The Kier molecular flexibility index (Phi) is 2.65. The molecule has 1 atom stereocenters. The van der Waals surface area contributed by atoms with Crippen LogP contribution in [0.3, 0.4) is 0 Å². The van der Waals surface area contributed by atoms with Crippen LogP contribution in [0.15, 0.2) is 22.7 Å². The van der Waals surface area contributed by atoms with E-state index in [0.29, 0.717) is 11.2 Å². The van der Waals surface area contributed by atoms with Gasteiger partial charge in [0, 0.05) is 34.5 Å². The highest BCUT2D eigenvalue weighted by atomic mass is 79.9. The molecule has 0 bridgehead atoms. The number of halogens is 1. The van der Waals surface area contributed by atoms with Crippen LogP contribution in [-0.2, 0) is 13.5 Å². The van der Waals surface area contributed by atoms with Crippen LogP contribution < -0.4 is 0 Å². The third-order valence-electron chi connectivity index (χ3n) is 4.41. The van der Waals surface area contributed by atoms with Crippen molar-refractivity contribution in [1.82, 2.24) is 14.1 Å². The van der Waals surface area contributed by atoms with E-state index in [1.54, 1.807) is 11.6 Å². The summed E-state index contributed by atoms with van der Waals surface area (Å²) >= 11 is 8.96. The second kappa shape index (κ2) is 4.24. The van der Waals surface area contributed by atoms with Crippen LogP contribution >= 0.6 is 28.1 Å². The number of fused-ring (bicyclic) bond motifs is 4. The SMILES string of the molecule is C[C@H]1c2[nH]c3cc(Br)ccc3c2Cc2c(O)n(C)c(=S)n21. The normalized spacial score (nSPS) is 17.0. The topological polar surface area (TPSA) is 45.9 Å². The molecule has 3 heterocycles. The Morgan fingerprint density at radius 3 is 2.95 bits per heavy atom. The highest BCUT2D eigenvalue weighted by Gasteiger charge is 2.30. The van der Waals surface area contributed by atoms with Gasteiger partial charge >= 0.3 is 0 Å². The summed E-state index contributed by atoms with van der Waals surface area (Å²) in [6, 6.07) is 6.35. The minimum atomic E-state index is 0.0922. The van der Waals surface area contributed by atoms with E-state index in [0.717, 1.165) is 15.7 Å². The van der Waals surface area contributed by atoms with Gasteiger partial charge in [-0.15, -0.1) is 0 Å². The maximum absolute atomic E-state index is 10.3. The summed E-state index contributed by atoms with van der Waals surface area (Å²) in [4.78, 5) is 3.52. The molecule has 1 aliphatic rings. The lowest BCUT2D eigenvalue weighted by molar-refractivity contribution is 0.423. The summed E-state index contributed by atoms with van der Waals surface area (Å²) < 4.78 is 5.42. The molecule has 1 aliphatic heterocycles. The van der Waals surface area contributed by atoms with E-state index in [1.807, 2.05) is 10.6 Å². The van der Waals surface area contributed by atoms with Crippen LogP contribution in [0.2, 0.25) is 0 Å². The third kappa shape index (κ3) is 1.63. The van der Waals surface area contributed by atoms with E-state index in [1.165, 1.54) is 16.6 Å². The van der Waals surface area contributed by atoms with E-state index >= 15 is 0 Å². The number of aromatic nitrogens is 3. The second-order valence-corrected chi connectivity index (χ2v) is 6.82. The van der Waals surface area contributed by atoms with E-state index in [2.05, 4.69) is 40.0 Å². The maximum atomic E-state index is 10.3. The number of rotatable bonds is 0. The molecule has 2 N–H and O–H groups in total. The van der Waals surface area contributed by atoms with Gasteiger partial charge in [-0.1, -0.05) is 22.0 Å². The van der Waals surface area contributed by atoms with Crippen molar-refractivity contribution in [3.05, 3.63) is 44.4 Å². The number of hydrogen-bond acceptors (Lipinski definition) is 2. The van der Waals surface area contributed by atoms with E-state index in [4.69, 9.17) is 12.2 Å². The monoisotopic (exact) mass is 363 g/mol. The van der Waals surface area contributed by atoms with Gasteiger partial charge in [-0.05, 0) is 36.8 Å². The van der Waals surface area contributed by atoms with Gasteiger partial charge in [-0.25, -0.2) is 0 Å². The molecule has 21 heavy (non-hydrogen) atoms. The van der Waals surface area contributed by atoms with E-state index in [9.17, 15) is 5.11 Å². The van der Waals surface area contributed by atoms with Gasteiger partial charge in [0.25, 0.3) is 0 Å². The van der Waals surface area contributed by atoms with Crippen LogP contribution in [0.1, 0.15) is 29.9 Å². The van der Waals surface area contributed by atoms with Gasteiger partial charge in [0.1, 0.15) is 0 Å². The average molecular weight is 364 g/mol. The van der Waals surface area contributed by atoms with Crippen LogP contribution in [-0.4, -0.2) is 19.2 Å². The zero-order valence-corrected chi connectivity index (χ0v) is 14.0. The van der Waals surface area contributed by atoms with E-state index < -0.39 is 0 Å². The molecule has 0 amide bonds. The average Bonchev–Trinajstić information content (AvgIpc) is 2.91. The predicted octanol–water partition coefficient (Wildman–Crippen LogP) is 4.02. The number of H-pyrrole nitrogens is 1. The molecule has 2 aromatic heterocycles. The molecule has 1 aromatic carbocycles. The summed E-state index contributed by atoms with van der Waals surface area (Å²) in [5, 5.41) is 11.5. The lowest BCUT2D eigenvalue weighted by atomic mass is 9.98. The van der Waals surface area contributed by atoms with Crippen molar-refractivity contribution < 1.29 is 5.11 Å². The van der Waals surface area contributed by atoms with Gasteiger partial charge in [-0.3, -0.25) is 4.57 Å². The first-order chi connectivity index (χ1) is 9.99. The number of nitrogens with one attached hydrogen (secondary N) is 1. The molecule has 0 saturated carbocycles. The third-order valence-corrected chi connectivity index (χ3v) is 5.37. The van der Waals surface area contributed by atoms with Crippen molar-refractivity contribution >= 4 is 39.1 Å². The Hall–Kier alpha value is -1.53. The fourth-order valence-electron chi connectivity index (χ4n) is 3.32. The number of aromatic hydroxyl groups is 1. The molecule has 108 valence electrons. The van der Waals surface area contributed by atoms with Gasteiger partial charge in [0.2, 0.25) is 5.88 Å². The number of aromatic amines is 1. The fourth-order valence-corrected chi connectivity index (χ4v) is 4.04. The zero-order chi connectivity index (χ0) is 14.9. The highest BCUT2D eigenvalue weighted by molar-refractivity contribution is 9.10. The van der Waals surface area contributed by atoms with Crippen LogP contribution in [0.25, 0.3) is 10.9 Å². The van der Waals surface area contributed by atoms with Crippen molar-refractivity contribution in [1.29, 1.82) is 0 Å². The zero-order valence-electron chi connectivity index (χ0n) is 11.6. The first-order valence-corrected chi connectivity index (χ1v) is 7.98. The largest absolute Gasteiger partial charge is 0.493 e. The summed E-state index contributed by atoms with van der Waals surface area (Å²) in [6.45, 7) is 2.11. The quantitative estimate of drug-likeness (QED) is 0.592. The highest BCUT2D eigenvalue weighted by Crippen LogP contribution is 2.39. The van der Waals surface area contributed by atoms with Gasteiger partial charge in [-0.2, -0.15) is 0 Å². The van der Waals surface area contributed by atoms with Gasteiger partial charge in [0.05, 0.1) is 11.7 Å². The number of nitrogens with zero attached hydrogens (tertiary/aromatic N) is 2. The number of benzene rings is 1. The molecule has 6 heteroatoms. The van der Waals surface area contributed by atoms with Crippen molar-refractivity contribution in [2.75, 3.05) is 0 Å². The van der Waals surface area contributed by atoms with Crippen molar-refractivity contribution in [3.8, 4) is 5.88 Å². The van der Waals surface area contributed by atoms with Crippen LogP contribution in [0.5, 0.6) is 5.88 Å². The Labute approximate surface area is 135 Å². The minimum Gasteiger partial charge on any atom is -0.493 e. The Balaban J connectivity index is 2.04. The number of imidazole rings is 1. The van der Waals surface area contributed by atoms with Crippen molar-refractivity contribution in [2.45, 2.75) is 19.4 Å². The minimum absolute atomic E-state index is 0.0922. The lowest BCUT2D eigenvalue weighted by Crippen LogP contribution is -2.18. The molecule has 0 unspecified atom stereocenters. The lowest BCUT2D eigenvalue weighted by Gasteiger charge is -2.22.